The number of hydrogen-bond donors (Lipinski definition) is 2. The van der Waals surface area contributed by atoms with Crippen LogP contribution in [0.15, 0.2) is 41.5 Å². The molecule has 29 heavy (non-hydrogen) atoms. The normalized spacial score (nSPS) is 14.4. The molecule has 2 N–H and O–H groups in total. The van der Waals surface area contributed by atoms with Crippen LogP contribution >= 0.6 is 0 Å². The fourth-order valence-electron chi connectivity index (χ4n) is 3.45. The SMILES string of the molecule is CN=C(NCc1ccnc(N2CCCCC2)c1)NCc1ccc(OC)cc1OC. The van der Waals surface area contributed by atoms with Crippen LogP contribution in [0.4, 0.5) is 5.82 Å². The first kappa shape index (κ1) is 20.8. The van der Waals surface area contributed by atoms with E-state index in [0.29, 0.717) is 13.1 Å². The predicted octanol–water partition coefficient (Wildman–Crippen LogP) is 2.95. The summed E-state index contributed by atoms with van der Waals surface area (Å²) in [6.45, 7) is 3.47. The maximum Gasteiger partial charge on any atom is 0.191 e. The van der Waals surface area contributed by atoms with E-state index in [1.807, 2.05) is 30.5 Å². The van der Waals surface area contributed by atoms with Gasteiger partial charge in [0.1, 0.15) is 17.3 Å². The van der Waals surface area contributed by atoms with Crippen molar-refractivity contribution in [2.24, 2.45) is 4.99 Å². The highest BCUT2D eigenvalue weighted by Gasteiger charge is 2.12. The van der Waals surface area contributed by atoms with Crippen LogP contribution in [0.3, 0.4) is 0 Å². The lowest BCUT2D eigenvalue weighted by molar-refractivity contribution is 0.390. The van der Waals surface area contributed by atoms with Gasteiger partial charge in [-0.1, -0.05) is 0 Å². The molecule has 1 aromatic heterocycles. The second-order valence-electron chi connectivity index (χ2n) is 7.03. The van der Waals surface area contributed by atoms with Crippen LogP contribution in [0, 0.1) is 0 Å². The van der Waals surface area contributed by atoms with Crippen molar-refractivity contribution in [2.75, 3.05) is 39.3 Å². The van der Waals surface area contributed by atoms with Gasteiger partial charge < -0.3 is 25.0 Å². The number of benzene rings is 1. The summed E-state index contributed by atoms with van der Waals surface area (Å²) in [5, 5.41) is 6.71. The number of methoxy groups -OCH3 is 2. The molecule has 0 spiro atoms. The molecule has 2 heterocycles. The van der Waals surface area contributed by atoms with Gasteiger partial charge in [-0.05, 0) is 49.1 Å². The molecule has 7 nitrogen and oxygen atoms in total. The molecule has 0 radical (unpaired) electrons. The number of aliphatic imine (C=N–C) groups is 1. The van der Waals surface area contributed by atoms with Crippen LogP contribution in [-0.2, 0) is 13.1 Å². The van der Waals surface area contributed by atoms with Gasteiger partial charge in [0.2, 0.25) is 0 Å². The summed E-state index contributed by atoms with van der Waals surface area (Å²) in [7, 11) is 5.08. The fraction of sp³-hybridized carbons (Fsp3) is 0.455. The number of piperidine rings is 1. The summed E-state index contributed by atoms with van der Waals surface area (Å²) in [6.07, 6.45) is 5.70. The molecule has 1 aromatic carbocycles. The minimum atomic E-state index is 0.599. The highest BCUT2D eigenvalue weighted by atomic mass is 16.5. The monoisotopic (exact) mass is 397 g/mol. The summed E-state index contributed by atoms with van der Waals surface area (Å²) in [6, 6.07) is 10.0. The van der Waals surface area contributed by atoms with Gasteiger partial charge >= 0.3 is 0 Å². The summed E-state index contributed by atoms with van der Waals surface area (Å²) in [5.74, 6) is 3.36. The van der Waals surface area contributed by atoms with Gasteiger partial charge in [-0.15, -0.1) is 0 Å². The second kappa shape index (κ2) is 10.5. The molecule has 2 aromatic rings. The Kier molecular flexibility index (Phi) is 7.55. The first-order valence-electron chi connectivity index (χ1n) is 10.1. The van der Waals surface area contributed by atoms with Crippen LogP contribution < -0.4 is 25.0 Å². The van der Waals surface area contributed by atoms with Crippen molar-refractivity contribution < 1.29 is 9.47 Å². The molecular formula is C22H31N5O2. The third-order valence-corrected chi connectivity index (χ3v) is 5.11. The van der Waals surface area contributed by atoms with Crippen LogP contribution in [0.1, 0.15) is 30.4 Å². The van der Waals surface area contributed by atoms with E-state index in [1.54, 1.807) is 21.3 Å². The molecular weight excluding hydrogens is 366 g/mol. The highest BCUT2D eigenvalue weighted by molar-refractivity contribution is 5.79. The Morgan fingerprint density at radius 3 is 2.55 bits per heavy atom. The molecule has 0 unspecified atom stereocenters. The summed E-state index contributed by atoms with van der Waals surface area (Å²) >= 11 is 0. The Morgan fingerprint density at radius 1 is 1.03 bits per heavy atom. The van der Waals surface area contributed by atoms with Gasteiger partial charge in [0.25, 0.3) is 0 Å². The van der Waals surface area contributed by atoms with E-state index in [9.17, 15) is 0 Å². The average molecular weight is 398 g/mol. The van der Waals surface area contributed by atoms with E-state index in [1.165, 1.54) is 24.8 Å². The van der Waals surface area contributed by atoms with Gasteiger partial charge in [0, 0.05) is 51.1 Å². The third-order valence-electron chi connectivity index (χ3n) is 5.11. The van der Waals surface area contributed by atoms with Gasteiger partial charge in [0.05, 0.1) is 14.2 Å². The Balaban J connectivity index is 1.56. The quantitative estimate of drug-likeness (QED) is 0.553. The molecule has 1 saturated heterocycles. The zero-order valence-electron chi connectivity index (χ0n) is 17.6. The van der Waals surface area contributed by atoms with E-state index < -0.39 is 0 Å². The van der Waals surface area contributed by atoms with Crippen molar-refractivity contribution in [3.05, 3.63) is 47.7 Å². The molecule has 0 amide bonds. The average Bonchev–Trinajstić information content (AvgIpc) is 2.80. The highest BCUT2D eigenvalue weighted by Crippen LogP contribution is 2.24. The Morgan fingerprint density at radius 2 is 1.83 bits per heavy atom. The topological polar surface area (TPSA) is 71.0 Å². The number of hydrogen-bond acceptors (Lipinski definition) is 5. The van der Waals surface area contributed by atoms with Crippen LogP contribution in [-0.4, -0.2) is 45.3 Å². The third kappa shape index (κ3) is 5.76. The first-order valence-corrected chi connectivity index (χ1v) is 10.1. The van der Waals surface area contributed by atoms with Crippen molar-refractivity contribution in [2.45, 2.75) is 32.4 Å². The van der Waals surface area contributed by atoms with E-state index in [0.717, 1.165) is 41.9 Å². The van der Waals surface area contributed by atoms with Crippen LogP contribution in [0.25, 0.3) is 0 Å². The van der Waals surface area contributed by atoms with Crippen molar-refractivity contribution in [1.82, 2.24) is 15.6 Å². The fourth-order valence-corrected chi connectivity index (χ4v) is 3.45. The number of guanidine groups is 1. The summed E-state index contributed by atoms with van der Waals surface area (Å²) in [4.78, 5) is 11.2. The number of aromatic nitrogens is 1. The summed E-state index contributed by atoms with van der Waals surface area (Å²) in [5.41, 5.74) is 2.22. The Labute approximate surface area is 173 Å². The molecule has 1 fully saturated rings. The number of nitrogens with zero attached hydrogens (tertiary/aromatic N) is 3. The number of ether oxygens (including phenoxy) is 2. The second-order valence-corrected chi connectivity index (χ2v) is 7.03. The lowest BCUT2D eigenvalue weighted by Gasteiger charge is -2.28. The van der Waals surface area contributed by atoms with Crippen molar-refractivity contribution in [3.8, 4) is 11.5 Å². The summed E-state index contributed by atoms with van der Waals surface area (Å²) < 4.78 is 10.7. The van der Waals surface area contributed by atoms with Crippen molar-refractivity contribution in [3.63, 3.8) is 0 Å². The number of rotatable bonds is 7. The van der Waals surface area contributed by atoms with E-state index in [2.05, 4.69) is 31.6 Å². The zero-order valence-corrected chi connectivity index (χ0v) is 17.6. The largest absolute Gasteiger partial charge is 0.497 e. The zero-order chi connectivity index (χ0) is 20.5. The lowest BCUT2D eigenvalue weighted by atomic mass is 10.1. The maximum atomic E-state index is 5.46. The van der Waals surface area contributed by atoms with Crippen molar-refractivity contribution in [1.29, 1.82) is 0 Å². The number of nitrogens with one attached hydrogen (secondary N) is 2. The van der Waals surface area contributed by atoms with E-state index in [4.69, 9.17) is 9.47 Å². The number of pyridine rings is 1. The molecule has 0 atom stereocenters. The van der Waals surface area contributed by atoms with Crippen LogP contribution in [0.2, 0.25) is 0 Å². The first-order chi connectivity index (χ1) is 14.2. The smallest absolute Gasteiger partial charge is 0.191 e. The maximum absolute atomic E-state index is 5.46. The van der Waals surface area contributed by atoms with Crippen LogP contribution in [0.5, 0.6) is 11.5 Å². The molecule has 0 bridgehead atoms. The van der Waals surface area contributed by atoms with Crippen molar-refractivity contribution >= 4 is 11.8 Å². The molecule has 0 aliphatic carbocycles. The van der Waals surface area contributed by atoms with E-state index >= 15 is 0 Å². The Bertz CT molecular complexity index is 819. The molecule has 7 heteroatoms. The number of anilines is 1. The van der Waals surface area contributed by atoms with Gasteiger partial charge in [-0.3, -0.25) is 4.99 Å². The molecule has 156 valence electrons. The minimum absolute atomic E-state index is 0.599. The van der Waals surface area contributed by atoms with Gasteiger partial charge in [-0.25, -0.2) is 4.98 Å². The molecule has 3 rings (SSSR count). The molecule has 1 aliphatic rings. The van der Waals surface area contributed by atoms with Gasteiger partial charge in [-0.2, -0.15) is 0 Å². The van der Waals surface area contributed by atoms with E-state index in [-0.39, 0.29) is 0 Å². The lowest BCUT2D eigenvalue weighted by Crippen LogP contribution is -2.36. The van der Waals surface area contributed by atoms with Gasteiger partial charge in [0.15, 0.2) is 5.96 Å². The molecule has 0 saturated carbocycles. The molecule has 1 aliphatic heterocycles. The Hall–Kier alpha value is -2.96. The standard InChI is InChI=1S/C22H31N5O2/c1-23-22(26-16-18-7-8-19(28-2)14-20(18)29-3)25-15-17-9-10-24-21(13-17)27-11-5-4-6-12-27/h7-10,13-14H,4-6,11-12,15-16H2,1-3H3,(H2,23,25,26). The minimum Gasteiger partial charge on any atom is -0.497 e. The predicted molar refractivity (Wildman–Crippen MR) is 117 cm³/mol.